The van der Waals surface area contributed by atoms with Gasteiger partial charge in [-0.05, 0) is 60.8 Å². The van der Waals surface area contributed by atoms with E-state index in [0.29, 0.717) is 43.0 Å². The van der Waals surface area contributed by atoms with Gasteiger partial charge in [0.05, 0.1) is 16.5 Å². The molecule has 0 spiro atoms. The van der Waals surface area contributed by atoms with Crippen molar-refractivity contribution in [2.75, 3.05) is 6.54 Å². The van der Waals surface area contributed by atoms with Gasteiger partial charge in [-0.25, -0.2) is 13.1 Å². The third kappa shape index (κ3) is 7.56. The molecule has 1 aromatic rings. The largest absolute Gasteiger partial charge is 0.480 e. The molecule has 34 heavy (non-hydrogen) atoms. The van der Waals surface area contributed by atoms with E-state index in [1.165, 1.54) is 6.07 Å². The van der Waals surface area contributed by atoms with E-state index in [1.807, 2.05) is 20.8 Å². The molecule has 2 unspecified atom stereocenters. The molecule has 7 nitrogen and oxygen atoms in total. The number of aliphatic imine (C=N–C) groups is 1. The van der Waals surface area contributed by atoms with E-state index < -0.39 is 45.2 Å². The molecule has 0 heterocycles. The summed E-state index contributed by atoms with van der Waals surface area (Å²) in [6.45, 7) is 7.16. The van der Waals surface area contributed by atoms with Crippen molar-refractivity contribution in [2.24, 2.45) is 16.1 Å². The summed E-state index contributed by atoms with van der Waals surface area (Å²) in [5, 5.41) is 8.88. The maximum atomic E-state index is 13.6. The smallest absolute Gasteiger partial charge is 0.416 e. The summed E-state index contributed by atoms with van der Waals surface area (Å²) in [7, 11) is -4.36. The quantitative estimate of drug-likeness (QED) is 0.508. The van der Waals surface area contributed by atoms with Crippen molar-refractivity contribution in [3.63, 3.8) is 0 Å². The molecule has 1 saturated carbocycles. The van der Waals surface area contributed by atoms with E-state index >= 15 is 0 Å². The van der Waals surface area contributed by atoms with Gasteiger partial charge < -0.3 is 10.8 Å². The van der Waals surface area contributed by atoms with Gasteiger partial charge in [0.2, 0.25) is 10.0 Å². The maximum absolute atomic E-state index is 13.6. The second-order valence-electron chi connectivity index (χ2n) is 9.80. The minimum absolute atomic E-state index is 0.167. The average molecular weight is 504 g/mol. The lowest BCUT2D eigenvalue weighted by Crippen LogP contribution is -2.41. The van der Waals surface area contributed by atoms with Crippen LogP contribution in [0.2, 0.25) is 0 Å². The number of halogens is 3. The fraction of sp³-hybridized carbons (Fsp3) is 0.565. The van der Waals surface area contributed by atoms with Crippen LogP contribution in [0.3, 0.4) is 0 Å². The third-order valence-corrected chi connectivity index (χ3v) is 7.00. The molecule has 2 atom stereocenters. The molecule has 0 saturated heterocycles. The topological polar surface area (TPSA) is 122 Å². The number of carboxylic acid groups (broad SMARTS) is 1. The Labute approximate surface area is 198 Å². The zero-order valence-electron chi connectivity index (χ0n) is 19.7. The van der Waals surface area contributed by atoms with Crippen LogP contribution in [-0.4, -0.2) is 37.8 Å². The number of nitrogens with two attached hydrogens (primary N) is 1. The number of nitrogens with zero attached hydrogens (tertiary/aromatic N) is 1. The van der Waals surface area contributed by atoms with E-state index in [4.69, 9.17) is 10.8 Å². The Morgan fingerprint density at radius 1 is 1.29 bits per heavy atom. The Hall–Kier alpha value is -2.40. The fourth-order valence-corrected chi connectivity index (χ4v) is 5.49. The van der Waals surface area contributed by atoms with Crippen LogP contribution in [0.5, 0.6) is 0 Å². The van der Waals surface area contributed by atoms with Gasteiger partial charge in [0.1, 0.15) is 6.54 Å². The van der Waals surface area contributed by atoms with Crippen molar-refractivity contribution in [2.45, 2.75) is 76.4 Å². The molecular weight excluding hydrogens is 471 g/mol. The molecule has 0 radical (unpaired) electrons. The Kier molecular flexibility index (Phi) is 8.57. The van der Waals surface area contributed by atoms with Crippen molar-refractivity contribution in [3.8, 4) is 0 Å². The lowest BCUT2D eigenvalue weighted by atomic mass is 9.82. The van der Waals surface area contributed by atoms with Gasteiger partial charge in [-0.15, -0.1) is 0 Å². The third-order valence-electron chi connectivity index (χ3n) is 5.55. The van der Waals surface area contributed by atoms with Crippen LogP contribution >= 0.6 is 0 Å². The van der Waals surface area contributed by atoms with Gasteiger partial charge in [0, 0.05) is 17.5 Å². The Bertz CT molecular complexity index is 1070. The monoisotopic (exact) mass is 503 g/mol. The second kappa shape index (κ2) is 10.5. The van der Waals surface area contributed by atoms with Gasteiger partial charge in [0.15, 0.2) is 0 Å². The van der Waals surface area contributed by atoms with Crippen molar-refractivity contribution in [1.29, 1.82) is 0 Å². The van der Waals surface area contributed by atoms with Crippen LogP contribution in [0.15, 0.2) is 39.9 Å². The molecule has 1 aliphatic rings. The minimum Gasteiger partial charge on any atom is -0.480 e. The molecule has 1 aliphatic carbocycles. The van der Waals surface area contributed by atoms with Crippen LogP contribution in [0.4, 0.5) is 13.2 Å². The SMILES string of the molecule is CC(CC(C)(C)C)c1cc(C(F)(F)F)cc(S(=O)(=O)NC2CCCC(=NCC(=O)O)C2=CN)c1. The Balaban J connectivity index is 2.45. The normalized spacial score (nSPS) is 21.1. The molecule has 190 valence electrons. The van der Waals surface area contributed by atoms with Crippen LogP contribution in [0.1, 0.15) is 70.4 Å². The summed E-state index contributed by atoms with van der Waals surface area (Å²) in [5.41, 5.74) is 5.45. The highest BCUT2D eigenvalue weighted by Gasteiger charge is 2.35. The first kappa shape index (κ1) is 27.8. The lowest BCUT2D eigenvalue weighted by Gasteiger charge is -2.28. The van der Waals surface area contributed by atoms with E-state index in [-0.39, 0.29) is 16.9 Å². The number of carbonyl (C=O) groups is 1. The Morgan fingerprint density at radius 2 is 1.94 bits per heavy atom. The molecule has 0 amide bonds. The van der Waals surface area contributed by atoms with Gasteiger partial charge in [0.25, 0.3) is 0 Å². The number of carboxylic acids is 1. The Morgan fingerprint density at radius 3 is 2.47 bits per heavy atom. The predicted octanol–water partition coefficient (Wildman–Crippen LogP) is 4.44. The van der Waals surface area contributed by atoms with Gasteiger partial charge in [-0.3, -0.25) is 9.79 Å². The zero-order valence-corrected chi connectivity index (χ0v) is 20.6. The molecule has 4 N–H and O–H groups in total. The number of sulfonamides is 1. The van der Waals surface area contributed by atoms with Crippen LogP contribution < -0.4 is 10.5 Å². The van der Waals surface area contributed by atoms with Crippen LogP contribution in [0.25, 0.3) is 0 Å². The molecular formula is C23H32F3N3O4S. The fourth-order valence-electron chi connectivity index (χ4n) is 4.16. The van der Waals surface area contributed by atoms with Crippen molar-refractivity contribution in [3.05, 3.63) is 41.1 Å². The minimum atomic E-state index is -4.72. The standard InChI is InChI=1S/C23H32F3N3O4S/c1-14(11-22(2,3)4)15-8-16(23(24,25)26)10-17(9-15)34(32,33)29-20-7-5-6-19(18(20)12-27)28-13-21(30)31/h8-10,12,14,20,29H,5-7,11,13,27H2,1-4H3,(H,30,31). The molecule has 0 bridgehead atoms. The zero-order chi connectivity index (χ0) is 25.9. The highest BCUT2D eigenvalue weighted by molar-refractivity contribution is 7.89. The summed E-state index contributed by atoms with van der Waals surface area (Å²) in [5.74, 6) is -1.45. The van der Waals surface area contributed by atoms with E-state index in [2.05, 4.69) is 9.71 Å². The number of hydrogen-bond donors (Lipinski definition) is 3. The summed E-state index contributed by atoms with van der Waals surface area (Å²) in [6.07, 6.45) is -1.71. The number of rotatable bonds is 7. The number of alkyl halides is 3. The first-order valence-electron chi connectivity index (χ1n) is 11.0. The summed E-state index contributed by atoms with van der Waals surface area (Å²) < 4.78 is 69.7. The molecule has 1 fully saturated rings. The lowest BCUT2D eigenvalue weighted by molar-refractivity contribution is -0.138. The molecule has 11 heteroatoms. The summed E-state index contributed by atoms with van der Waals surface area (Å²) in [6, 6.07) is 2.07. The number of aliphatic carboxylic acids is 1. The molecule has 1 aromatic carbocycles. The number of hydrogen-bond acceptors (Lipinski definition) is 5. The van der Waals surface area contributed by atoms with E-state index in [1.54, 1.807) is 6.92 Å². The van der Waals surface area contributed by atoms with Crippen LogP contribution in [-0.2, 0) is 21.0 Å². The van der Waals surface area contributed by atoms with Gasteiger partial charge in [-0.1, -0.05) is 27.7 Å². The van der Waals surface area contributed by atoms with E-state index in [9.17, 15) is 26.4 Å². The van der Waals surface area contributed by atoms with Gasteiger partial charge in [-0.2, -0.15) is 13.2 Å². The highest BCUT2D eigenvalue weighted by atomic mass is 32.2. The average Bonchev–Trinajstić information content (AvgIpc) is 2.69. The molecule has 0 aromatic heterocycles. The van der Waals surface area contributed by atoms with Crippen LogP contribution in [0, 0.1) is 5.41 Å². The summed E-state index contributed by atoms with van der Waals surface area (Å²) in [4.78, 5) is 14.4. The van der Waals surface area contributed by atoms with Gasteiger partial charge >= 0.3 is 12.1 Å². The van der Waals surface area contributed by atoms with E-state index in [0.717, 1.165) is 12.3 Å². The first-order chi connectivity index (χ1) is 15.5. The van der Waals surface area contributed by atoms with Crippen molar-refractivity contribution >= 4 is 21.7 Å². The maximum Gasteiger partial charge on any atom is 0.416 e. The molecule has 0 aliphatic heterocycles. The number of nitrogens with one attached hydrogen (secondary N) is 1. The highest BCUT2D eigenvalue weighted by Crippen LogP contribution is 2.37. The first-order valence-corrected chi connectivity index (χ1v) is 12.4. The second-order valence-corrected chi connectivity index (χ2v) is 11.5. The molecule has 2 rings (SSSR count). The van der Waals surface area contributed by atoms with Crippen molar-refractivity contribution < 1.29 is 31.5 Å². The van der Waals surface area contributed by atoms with Crippen molar-refractivity contribution in [1.82, 2.24) is 4.72 Å². The summed E-state index contributed by atoms with van der Waals surface area (Å²) >= 11 is 0. The number of benzene rings is 1. The predicted molar refractivity (Wildman–Crippen MR) is 124 cm³/mol.